The van der Waals surface area contributed by atoms with Gasteiger partial charge >= 0.3 is 0 Å². The van der Waals surface area contributed by atoms with Gasteiger partial charge in [-0.15, -0.1) is 0 Å². The van der Waals surface area contributed by atoms with Crippen LogP contribution in [0.5, 0.6) is 5.75 Å². The fourth-order valence-electron chi connectivity index (χ4n) is 2.67. The fourth-order valence-corrected chi connectivity index (χ4v) is 2.67. The highest BCUT2D eigenvalue weighted by molar-refractivity contribution is 5.36. The van der Waals surface area contributed by atoms with E-state index < -0.39 is 0 Å². The molecule has 1 N–H and O–H groups in total. The van der Waals surface area contributed by atoms with Gasteiger partial charge in [-0.2, -0.15) is 0 Å². The predicted molar refractivity (Wildman–Crippen MR) is 73.1 cm³/mol. The molecule has 0 bridgehead atoms. The van der Waals surface area contributed by atoms with Gasteiger partial charge in [0.1, 0.15) is 5.75 Å². The Balaban J connectivity index is 1.89. The van der Waals surface area contributed by atoms with Crippen LogP contribution in [0.15, 0.2) is 18.2 Å². The average Bonchev–Trinajstić information content (AvgIpc) is 2.82. The molecule has 1 saturated heterocycles. The highest BCUT2D eigenvalue weighted by Gasteiger charge is 2.16. The second kappa shape index (κ2) is 6.21. The number of nitrogens with zero attached hydrogens (tertiary/aromatic N) is 1. The molecule has 3 heteroatoms. The molecule has 0 radical (unpaired) electrons. The van der Waals surface area contributed by atoms with Crippen molar-refractivity contribution in [2.24, 2.45) is 0 Å². The van der Waals surface area contributed by atoms with Crippen molar-refractivity contribution >= 4 is 0 Å². The SMILES string of the molecule is COc1ccc(CC(O)CN2CCCC2)cc1C. The molecule has 0 spiro atoms. The maximum Gasteiger partial charge on any atom is 0.121 e. The number of hydrogen-bond acceptors (Lipinski definition) is 3. The molecule has 1 aliphatic heterocycles. The van der Waals surface area contributed by atoms with Crippen molar-refractivity contribution in [1.82, 2.24) is 4.90 Å². The molecule has 1 aromatic rings. The number of aliphatic hydroxyl groups is 1. The number of methoxy groups -OCH3 is 1. The Morgan fingerprint density at radius 3 is 2.67 bits per heavy atom. The normalized spacial score (nSPS) is 17.9. The monoisotopic (exact) mass is 249 g/mol. The van der Waals surface area contributed by atoms with Crippen LogP contribution in [0.4, 0.5) is 0 Å². The number of aliphatic hydroxyl groups excluding tert-OH is 1. The number of hydrogen-bond donors (Lipinski definition) is 1. The van der Waals surface area contributed by atoms with Gasteiger partial charge < -0.3 is 14.7 Å². The Labute approximate surface area is 109 Å². The molecule has 100 valence electrons. The summed E-state index contributed by atoms with van der Waals surface area (Å²) in [4.78, 5) is 2.35. The summed E-state index contributed by atoms with van der Waals surface area (Å²) >= 11 is 0. The molecule has 1 atom stereocenters. The summed E-state index contributed by atoms with van der Waals surface area (Å²) in [5, 5.41) is 10.1. The zero-order valence-corrected chi connectivity index (χ0v) is 11.4. The van der Waals surface area contributed by atoms with Crippen LogP contribution in [-0.2, 0) is 6.42 Å². The Morgan fingerprint density at radius 2 is 2.06 bits per heavy atom. The van der Waals surface area contributed by atoms with Crippen LogP contribution in [0.2, 0.25) is 0 Å². The van der Waals surface area contributed by atoms with Crippen molar-refractivity contribution in [3.63, 3.8) is 0 Å². The van der Waals surface area contributed by atoms with E-state index in [9.17, 15) is 5.11 Å². The summed E-state index contributed by atoms with van der Waals surface area (Å²) in [6.45, 7) is 5.11. The minimum Gasteiger partial charge on any atom is -0.496 e. The quantitative estimate of drug-likeness (QED) is 0.866. The van der Waals surface area contributed by atoms with E-state index >= 15 is 0 Å². The molecule has 1 aromatic carbocycles. The van der Waals surface area contributed by atoms with Crippen molar-refractivity contribution in [2.45, 2.75) is 32.3 Å². The van der Waals surface area contributed by atoms with Crippen molar-refractivity contribution in [1.29, 1.82) is 0 Å². The van der Waals surface area contributed by atoms with Gasteiger partial charge in [-0.1, -0.05) is 12.1 Å². The molecule has 1 fully saturated rings. The molecule has 0 saturated carbocycles. The van der Waals surface area contributed by atoms with Gasteiger partial charge in [-0.05, 0) is 56.5 Å². The first kappa shape index (κ1) is 13.4. The van der Waals surface area contributed by atoms with Crippen LogP contribution in [-0.4, -0.2) is 42.9 Å². The molecular weight excluding hydrogens is 226 g/mol. The number of rotatable bonds is 5. The van der Waals surface area contributed by atoms with Crippen LogP contribution < -0.4 is 4.74 Å². The summed E-state index contributed by atoms with van der Waals surface area (Å²) in [5.74, 6) is 0.910. The van der Waals surface area contributed by atoms with Crippen LogP contribution in [0.1, 0.15) is 24.0 Å². The Morgan fingerprint density at radius 1 is 1.33 bits per heavy atom. The number of ether oxygens (including phenoxy) is 1. The molecule has 0 amide bonds. The van der Waals surface area contributed by atoms with E-state index in [1.54, 1.807) is 7.11 Å². The number of aryl methyl sites for hydroxylation is 1. The first-order valence-electron chi connectivity index (χ1n) is 6.73. The van der Waals surface area contributed by atoms with E-state index in [2.05, 4.69) is 11.0 Å². The van der Waals surface area contributed by atoms with Crippen molar-refractivity contribution < 1.29 is 9.84 Å². The Bertz CT molecular complexity index is 386. The first-order valence-corrected chi connectivity index (χ1v) is 6.73. The highest BCUT2D eigenvalue weighted by atomic mass is 16.5. The molecule has 2 rings (SSSR count). The van der Waals surface area contributed by atoms with Crippen LogP contribution in [0, 0.1) is 6.92 Å². The van der Waals surface area contributed by atoms with E-state index in [-0.39, 0.29) is 6.10 Å². The molecular formula is C15H23NO2. The molecule has 0 aromatic heterocycles. The lowest BCUT2D eigenvalue weighted by Gasteiger charge is -2.19. The predicted octanol–water partition coefficient (Wildman–Crippen LogP) is 2.00. The van der Waals surface area contributed by atoms with Gasteiger partial charge in [0.05, 0.1) is 13.2 Å². The third-order valence-corrected chi connectivity index (χ3v) is 3.60. The van der Waals surface area contributed by atoms with Crippen molar-refractivity contribution in [3.8, 4) is 5.75 Å². The highest BCUT2D eigenvalue weighted by Crippen LogP contribution is 2.19. The molecule has 1 heterocycles. The smallest absolute Gasteiger partial charge is 0.121 e. The summed E-state index contributed by atoms with van der Waals surface area (Å²) in [6.07, 6.45) is 3.00. The summed E-state index contributed by atoms with van der Waals surface area (Å²) in [5.41, 5.74) is 2.31. The van der Waals surface area contributed by atoms with Gasteiger partial charge in [-0.25, -0.2) is 0 Å². The van der Waals surface area contributed by atoms with Crippen LogP contribution in [0.25, 0.3) is 0 Å². The average molecular weight is 249 g/mol. The van der Waals surface area contributed by atoms with Gasteiger partial charge in [0.2, 0.25) is 0 Å². The van der Waals surface area contributed by atoms with Crippen LogP contribution >= 0.6 is 0 Å². The van der Waals surface area contributed by atoms with E-state index in [0.717, 1.165) is 37.4 Å². The lowest BCUT2D eigenvalue weighted by Crippen LogP contribution is -2.31. The number of likely N-dealkylation sites (tertiary alicyclic amines) is 1. The maximum atomic E-state index is 10.1. The fraction of sp³-hybridized carbons (Fsp3) is 0.600. The lowest BCUT2D eigenvalue weighted by atomic mass is 10.0. The standard InChI is InChI=1S/C15H23NO2/c1-12-9-13(5-6-15(12)18-2)10-14(17)11-16-7-3-4-8-16/h5-6,9,14,17H,3-4,7-8,10-11H2,1-2H3. The minimum absolute atomic E-state index is 0.268. The maximum absolute atomic E-state index is 10.1. The molecule has 1 unspecified atom stereocenters. The minimum atomic E-state index is -0.268. The van der Waals surface area contributed by atoms with E-state index in [1.165, 1.54) is 18.4 Å². The van der Waals surface area contributed by atoms with E-state index in [0.29, 0.717) is 0 Å². The summed E-state index contributed by atoms with van der Waals surface area (Å²) < 4.78 is 5.24. The summed E-state index contributed by atoms with van der Waals surface area (Å²) in [6, 6.07) is 6.12. The lowest BCUT2D eigenvalue weighted by molar-refractivity contribution is 0.125. The second-order valence-corrected chi connectivity index (χ2v) is 5.17. The zero-order chi connectivity index (χ0) is 13.0. The Kier molecular flexibility index (Phi) is 4.61. The third kappa shape index (κ3) is 3.47. The first-order chi connectivity index (χ1) is 8.69. The number of benzene rings is 1. The Hall–Kier alpha value is -1.06. The number of β-amino-alcohol motifs (C(OH)–C–C–N with tert-alkyl or cyclic N) is 1. The topological polar surface area (TPSA) is 32.7 Å². The molecule has 18 heavy (non-hydrogen) atoms. The molecule has 1 aliphatic rings. The van der Waals surface area contributed by atoms with E-state index in [1.807, 2.05) is 19.1 Å². The molecule has 3 nitrogen and oxygen atoms in total. The zero-order valence-electron chi connectivity index (χ0n) is 11.4. The van der Waals surface area contributed by atoms with Crippen molar-refractivity contribution in [3.05, 3.63) is 29.3 Å². The second-order valence-electron chi connectivity index (χ2n) is 5.17. The van der Waals surface area contributed by atoms with Crippen molar-refractivity contribution in [2.75, 3.05) is 26.7 Å². The summed E-state index contributed by atoms with van der Waals surface area (Å²) in [7, 11) is 1.68. The third-order valence-electron chi connectivity index (χ3n) is 3.60. The molecule has 0 aliphatic carbocycles. The van der Waals surface area contributed by atoms with Gasteiger partial charge in [-0.3, -0.25) is 0 Å². The van der Waals surface area contributed by atoms with Gasteiger partial charge in [0.25, 0.3) is 0 Å². The van der Waals surface area contributed by atoms with Gasteiger partial charge in [0.15, 0.2) is 0 Å². The van der Waals surface area contributed by atoms with E-state index in [4.69, 9.17) is 4.74 Å². The largest absolute Gasteiger partial charge is 0.496 e. The van der Waals surface area contributed by atoms with Crippen LogP contribution in [0.3, 0.4) is 0 Å². The van der Waals surface area contributed by atoms with Gasteiger partial charge in [0, 0.05) is 6.54 Å².